The highest BCUT2D eigenvalue weighted by Gasteiger charge is 2.25. The summed E-state index contributed by atoms with van der Waals surface area (Å²) in [6, 6.07) is 5.56. The molecular weight excluding hydrogens is 406 g/mol. The maximum atomic E-state index is 12.4. The smallest absolute Gasteiger partial charge is 0.408 e. The lowest BCUT2D eigenvalue weighted by Crippen LogP contribution is -2.50. The molecule has 7 N–H and O–H groups in total. The molecule has 1 rings (SSSR count). The molecule has 31 heavy (non-hydrogen) atoms. The Morgan fingerprint density at radius 2 is 1.74 bits per heavy atom. The number of carboxylic acids is 1. The Morgan fingerprint density at radius 3 is 2.26 bits per heavy atom. The maximum Gasteiger partial charge on any atom is 0.408 e. The van der Waals surface area contributed by atoms with Crippen LogP contribution in [0.5, 0.6) is 0 Å². The second kappa shape index (κ2) is 11.5. The van der Waals surface area contributed by atoms with Crippen LogP contribution in [0, 0.1) is 5.41 Å². The average Bonchev–Trinajstić information content (AvgIpc) is 2.66. The van der Waals surface area contributed by atoms with Crippen LogP contribution >= 0.6 is 0 Å². The minimum absolute atomic E-state index is 0.0595. The fourth-order valence-corrected chi connectivity index (χ4v) is 2.34. The molecule has 0 heterocycles. The van der Waals surface area contributed by atoms with Crippen molar-refractivity contribution in [3.63, 3.8) is 0 Å². The molecule has 11 nitrogen and oxygen atoms in total. The topological polar surface area (TPSA) is 184 Å². The lowest BCUT2D eigenvalue weighted by molar-refractivity contribution is -0.137. The van der Waals surface area contributed by atoms with Gasteiger partial charge in [-0.25, -0.2) is 4.79 Å². The first kappa shape index (κ1) is 25.4. The molecule has 0 saturated heterocycles. The average molecular weight is 435 g/mol. The third-order valence-electron chi connectivity index (χ3n) is 3.83. The Bertz CT molecular complexity index is 816. The highest BCUT2D eigenvalue weighted by atomic mass is 16.6. The number of alkyl carbamates (subject to hydrolysis) is 1. The summed E-state index contributed by atoms with van der Waals surface area (Å²) in [5, 5.41) is 23.5. The molecule has 0 aliphatic rings. The molecule has 3 amide bonds. The number of hydrogen-bond donors (Lipinski definition) is 6. The van der Waals surface area contributed by atoms with Crippen LogP contribution in [-0.2, 0) is 25.7 Å². The quantitative estimate of drug-likeness (QED) is 0.228. The Labute approximate surface area is 180 Å². The number of amides is 3. The zero-order valence-electron chi connectivity index (χ0n) is 17.8. The van der Waals surface area contributed by atoms with Crippen molar-refractivity contribution < 1.29 is 29.0 Å². The largest absolute Gasteiger partial charge is 0.481 e. The van der Waals surface area contributed by atoms with Crippen molar-refractivity contribution in [3.05, 3.63) is 35.4 Å². The molecule has 1 atom stereocenters. The molecule has 0 fully saturated rings. The molecule has 0 aliphatic heterocycles. The van der Waals surface area contributed by atoms with Crippen molar-refractivity contribution in [2.24, 2.45) is 5.73 Å². The van der Waals surface area contributed by atoms with Crippen LogP contribution in [0.15, 0.2) is 24.3 Å². The Kier molecular flexibility index (Phi) is 9.45. The van der Waals surface area contributed by atoms with E-state index in [0.717, 1.165) is 5.56 Å². The van der Waals surface area contributed by atoms with Gasteiger partial charge in [-0.2, -0.15) is 0 Å². The number of carbonyl (C=O) groups is 4. The highest BCUT2D eigenvalue weighted by molar-refractivity contribution is 5.95. The van der Waals surface area contributed by atoms with Crippen LogP contribution in [0.4, 0.5) is 4.79 Å². The van der Waals surface area contributed by atoms with E-state index in [2.05, 4.69) is 16.0 Å². The molecular formula is C20H29N5O6. The zero-order chi connectivity index (χ0) is 23.6. The zero-order valence-corrected chi connectivity index (χ0v) is 17.8. The summed E-state index contributed by atoms with van der Waals surface area (Å²) in [5.74, 6) is -2.36. The van der Waals surface area contributed by atoms with Crippen molar-refractivity contribution in [2.75, 3.05) is 6.54 Å². The van der Waals surface area contributed by atoms with E-state index in [-0.39, 0.29) is 31.8 Å². The number of nitrogens with one attached hydrogen (secondary N) is 4. The number of rotatable bonds is 10. The van der Waals surface area contributed by atoms with Gasteiger partial charge in [-0.3, -0.25) is 19.8 Å². The van der Waals surface area contributed by atoms with Crippen molar-refractivity contribution >= 4 is 29.7 Å². The van der Waals surface area contributed by atoms with Gasteiger partial charge < -0.3 is 31.5 Å². The van der Waals surface area contributed by atoms with Crippen LogP contribution in [0.1, 0.15) is 44.7 Å². The molecule has 11 heteroatoms. The summed E-state index contributed by atoms with van der Waals surface area (Å²) in [4.78, 5) is 47.1. The van der Waals surface area contributed by atoms with Gasteiger partial charge >= 0.3 is 12.1 Å². The summed E-state index contributed by atoms with van der Waals surface area (Å²) in [6.07, 6.45) is -1.38. The first-order valence-corrected chi connectivity index (χ1v) is 9.56. The minimum Gasteiger partial charge on any atom is -0.481 e. The van der Waals surface area contributed by atoms with Gasteiger partial charge in [0.2, 0.25) is 11.8 Å². The monoisotopic (exact) mass is 435 g/mol. The van der Waals surface area contributed by atoms with Gasteiger partial charge in [0, 0.05) is 18.5 Å². The third kappa shape index (κ3) is 10.6. The predicted octanol–water partition coefficient (Wildman–Crippen LogP) is 0.461. The summed E-state index contributed by atoms with van der Waals surface area (Å²) in [6.45, 7) is 4.79. The number of carboxylic acid groups (broad SMARTS) is 1. The molecule has 0 aromatic heterocycles. The number of nitrogens with two attached hydrogens (primary N) is 1. The van der Waals surface area contributed by atoms with Gasteiger partial charge in [0.05, 0.1) is 6.54 Å². The van der Waals surface area contributed by atoms with E-state index >= 15 is 0 Å². The first-order chi connectivity index (χ1) is 14.4. The van der Waals surface area contributed by atoms with Crippen LogP contribution in [0.25, 0.3) is 0 Å². The molecule has 0 aliphatic carbocycles. The van der Waals surface area contributed by atoms with E-state index in [9.17, 15) is 19.2 Å². The van der Waals surface area contributed by atoms with E-state index in [1.54, 1.807) is 45.0 Å². The van der Waals surface area contributed by atoms with Crippen LogP contribution in [0.3, 0.4) is 0 Å². The fourth-order valence-electron chi connectivity index (χ4n) is 2.34. The van der Waals surface area contributed by atoms with Crippen molar-refractivity contribution in [1.82, 2.24) is 16.0 Å². The summed E-state index contributed by atoms with van der Waals surface area (Å²) < 4.78 is 5.08. The van der Waals surface area contributed by atoms with Gasteiger partial charge in [0.1, 0.15) is 17.5 Å². The fraction of sp³-hybridized carbons (Fsp3) is 0.450. The van der Waals surface area contributed by atoms with Gasteiger partial charge in [0.15, 0.2) is 0 Å². The maximum absolute atomic E-state index is 12.4. The molecule has 170 valence electrons. The number of amidine groups is 1. The molecule has 1 unspecified atom stereocenters. The third-order valence-corrected chi connectivity index (χ3v) is 3.83. The van der Waals surface area contributed by atoms with Crippen molar-refractivity contribution in [3.8, 4) is 0 Å². The highest BCUT2D eigenvalue weighted by Crippen LogP contribution is 2.08. The molecule has 1 aromatic carbocycles. The number of ether oxygens (including phenoxy) is 1. The minimum atomic E-state index is -1.17. The second-order valence-corrected chi connectivity index (χ2v) is 7.74. The van der Waals surface area contributed by atoms with Gasteiger partial charge in [-0.05, 0) is 32.8 Å². The Hall–Kier alpha value is -3.63. The number of hydrogen-bond acceptors (Lipinski definition) is 6. The summed E-state index contributed by atoms with van der Waals surface area (Å²) >= 11 is 0. The van der Waals surface area contributed by atoms with E-state index in [4.69, 9.17) is 21.0 Å². The van der Waals surface area contributed by atoms with Gasteiger partial charge in [0.25, 0.3) is 0 Å². The standard InChI is InChI=1S/C20H29N5O6/c1-20(2,3)31-19(30)25-14(8-9-16(27)28)18(29)24-11-15(26)23-10-12-4-6-13(7-5-12)17(21)22/h4-7,14H,8-11H2,1-3H3,(H3,21,22)(H,23,26)(H,24,29)(H,25,30)(H,27,28). The van der Waals surface area contributed by atoms with E-state index in [1.807, 2.05) is 0 Å². The SMILES string of the molecule is CC(C)(C)OC(=O)NC(CCC(=O)O)C(=O)NCC(=O)NCc1ccc(C(=N)N)cc1. The molecule has 0 spiro atoms. The van der Waals surface area contributed by atoms with Crippen molar-refractivity contribution in [2.45, 2.75) is 51.8 Å². The van der Waals surface area contributed by atoms with Gasteiger partial charge in [-0.15, -0.1) is 0 Å². The molecule has 1 aromatic rings. The van der Waals surface area contributed by atoms with E-state index in [0.29, 0.717) is 5.56 Å². The number of benzene rings is 1. The van der Waals surface area contributed by atoms with Crippen LogP contribution in [-0.4, -0.2) is 53.0 Å². The first-order valence-electron chi connectivity index (χ1n) is 9.56. The number of carbonyl (C=O) groups excluding carboxylic acids is 3. The van der Waals surface area contributed by atoms with E-state index in [1.165, 1.54) is 0 Å². The number of nitrogen functional groups attached to an aromatic ring is 1. The van der Waals surface area contributed by atoms with Crippen LogP contribution in [0.2, 0.25) is 0 Å². The van der Waals surface area contributed by atoms with Crippen LogP contribution < -0.4 is 21.7 Å². The van der Waals surface area contributed by atoms with Crippen molar-refractivity contribution in [1.29, 1.82) is 5.41 Å². The Balaban J connectivity index is 2.56. The summed E-state index contributed by atoms with van der Waals surface area (Å²) in [7, 11) is 0. The lowest BCUT2D eigenvalue weighted by atomic mass is 10.1. The summed E-state index contributed by atoms with van der Waals surface area (Å²) in [5.41, 5.74) is 5.93. The second-order valence-electron chi connectivity index (χ2n) is 7.74. The molecule has 0 saturated carbocycles. The molecule has 0 radical (unpaired) electrons. The predicted molar refractivity (Wildman–Crippen MR) is 112 cm³/mol. The van der Waals surface area contributed by atoms with Gasteiger partial charge in [-0.1, -0.05) is 24.3 Å². The molecule has 0 bridgehead atoms. The Morgan fingerprint density at radius 1 is 1.13 bits per heavy atom. The van der Waals surface area contributed by atoms with E-state index < -0.39 is 35.5 Å². The lowest BCUT2D eigenvalue weighted by Gasteiger charge is -2.23. The normalized spacial score (nSPS) is 11.7. The number of aliphatic carboxylic acids is 1.